The van der Waals surface area contributed by atoms with Gasteiger partial charge in [-0.2, -0.15) is 0 Å². The zero-order valence-electron chi connectivity index (χ0n) is 15.7. The van der Waals surface area contributed by atoms with Gasteiger partial charge in [-0.25, -0.2) is 4.39 Å². The summed E-state index contributed by atoms with van der Waals surface area (Å²) in [5.41, 5.74) is 1.42. The van der Waals surface area contributed by atoms with Crippen molar-refractivity contribution in [3.05, 3.63) is 72.2 Å². The van der Waals surface area contributed by atoms with Gasteiger partial charge in [0.15, 0.2) is 15.8 Å². The maximum Gasteiger partial charge on any atom is 0.279 e. The van der Waals surface area contributed by atoms with E-state index in [1.165, 1.54) is 36.0 Å². The summed E-state index contributed by atoms with van der Waals surface area (Å²) in [4.78, 5) is 24.4. The van der Waals surface area contributed by atoms with Crippen LogP contribution in [0.5, 0.6) is 0 Å². The number of nitrogens with zero attached hydrogens (tertiary/aromatic N) is 3. The zero-order chi connectivity index (χ0) is 21.6. The summed E-state index contributed by atoms with van der Waals surface area (Å²) in [6, 6.07) is 16.3. The van der Waals surface area contributed by atoms with Gasteiger partial charge in [-0.15, -0.1) is 10.2 Å². The molecule has 31 heavy (non-hydrogen) atoms. The Morgan fingerprint density at radius 1 is 1.03 bits per heavy atom. The second-order valence-corrected chi connectivity index (χ2v) is 8.31. The van der Waals surface area contributed by atoms with Crippen LogP contribution in [0.4, 0.5) is 15.2 Å². The molecule has 0 saturated carbocycles. The first-order chi connectivity index (χ1) is 15.1. The fraction of sp³-hybridized carbons (Fsp3) is 0.0500. The quantitative estimate of drug-likeness (QED) is 0.315. The van der Waals surface area contributed by atoms with Crippen LogP contribution < -0.4 is 10.6 Å². The average Bonchev–Trinajstić information content (AvgIpc) is 3.44. The lowest BCUT2D eigenvalue weighted by Crippen LogP contribution is -2.13. The molecule has 0 fully saturated rings. The standard InChI is InChI=1S/C20H14FN5O3S2/c21-13-6-8-14(9-7-13)22-17(27)11-30-20-25-24-19(31-20)23-18(28)15-10-16(29-26-15)12-4-2-1-3-5-12/h1-10H,11H2,(H,22,27)(H,23,24,28). The Morgan fingerprint density at radius 3 is 2.58 bits per heavy atom. The average molecular weight is 455 g/mol. The van der Waals surface area contributed by atoms with Crippen molar-refractivity contribution in [1.82, 2.24) is 15.4 Å². The van der Waals surface area contributed by atoms with Crippen molar-refractivity contribution in [2.24, 2.45) is 0 Å². The van der Waals surface area contributed by atoms with Crippen LogP contribution in [0.25, 0.3) is 11.3 Å². The molecule has 8 nitrogen and oxygen atoms in total. The minimum absolute atomic E-state index is 0.0870. The highest BCUT2D eigenvalue weighted by Gasteiger charge is 2.16. The smallest absolute Gasteiger partial charge is 0.279 e. The van der Waals surface area contributed by atoms with Crippen LogP contribution in [0, 0.1) is 5.82 Å². The van der Waals surface area contributed by atoms with Crippen LogP contribution in [0.2, 0.25) is 0 Å². The molecule has 2 N–H and O–H groups in total. The number of anilines is 2. The third kappa shape index (κ3) is 5.53. The van der Waals surface area contributed by atoms with Gasteiger partial charge in [0.2, 0.25) is 11.0 Å². The van der Waals surface area contributed by atoms with Gasteiger partial charge in [0, 0.05) is 17.3 Å². The van der Waals surface area contributed by atoms with Crippen molar-refractivity contribution < 1.29 is 18.5 Å². The highest BCUT2D eigenvalue weighted by atomic mass is 32.2. The molecule has 2 aromatic heterocycles. The molecule has 0 aliphatic heterocycles. The first-order valence-electron chi connectivity index (χ1n) is 8.92. The maximum absolute atomic E-state index is 12.9. The van der Waals surface area contributed by atoms with Crippen LogP contribution in [0.3, 0.4) is 0 Å². The monoisotopic (exact) mass is 455 g/mol. The fourth-order valence-corrected chi connectivity index (χ4v) is 4.01. The summed E-state index contributed by atoms with van der Waals surface area (Å²) >= 11 is 2.30. The Balaban J connectivity index is 1.29. The molecule has 0 radical (unpaired) electrons. The molecule has 156 valence electrons. The first kappa shape index (κ1) is 20.7. The summed E-state index contributed by atoms with van der Waals surface area (Å²) in [5.74, 6) is -0.561. The topological polar surface area (TPSA) is 110 Å². The second-order valence-electron chi connectivity index (χ2n) is 6.11. The van der Waals surface area contributed by atoms with Crippen molar-refractivity contribution >= 4 is 45.7 Å². The molecule has 0 bridgehead atoms. The number of carbonyl (C=O) groups excluding carboxylic acids is 2. The third-order valence-corrected chi connectivity index (χ3v) is 5.85. The first-order valence-corrected chi connectivity index (χ1v) is 10.7. The normalized spacial score (nSPS) is 10.6. The minimum atomic E-state index is -0.479. The van der Waals surface area contributed by atoms with Gasteiger partial charge in [0.05, 0.1) is 5.75 Å². The summed E-state index contributed by atoms with van der Waals surface area (Å²) in [6.45, 7) is 0. The van der Waals surface area contributed by atoms with Gasteiger partial charge in [0.25, 0.3) is 5.91 Å². The predicted molar refractivity (Wildman–Crippen MR) is 116 cm³/mol. The molecule has 0 unspecified atom stereocenters. The predicted octanol–water partition coefficient (Wildman–Crippen LogP) is 4.32. The van der Waals surface area contributed by atoms with Crippen LogP contribution in [-0.2, 0) is 4.79 Å². The number of rotatable bonds is 7. The molecule has 2 heterocycles. The summed E-state index contributed by atoms with van der Waals surface area (Å²) in [6.07, 6.45) is 0. The van der Waals surface area contributed by atoms with E-state index < -0.39 is 5.91 Å². The molecule has 2 amide bonds. The Hall–Kier alpha value is -3.57. The Bertz CT molecular complexity index is 1200. The molecular formula is C20H14FN5O3S2. The molecule has 0 saturated heterocycles. The highest BCUT2D eigenvalue weighted by Crippen LogP contribution is 2.26. The Kier molecular flexibility index (Phi) is 6.34. The minimum Gasteiger partial charge on any atom is -0.355 e. The lowest BCUT2D eigenvalue weighted by molar-refractivity contribution is -0.113. The van der Waals surface area contributed by atoms with E-state index in [4.69, 9.17) is 4.52 Å². The molecule has 0 aliphatic carbocycles. The van der Waals surface area contributed by atoms with E-state index in [1.807, 2.05) is 30.3 Å². The van der Waals surface area contributed by atoms with Crippen molar-refractivity contribution in [3.8, 4) is 11.3 Å². The number of amides is 2. The van der Waals surface area contributed by atoms with Crippen LogP contribution in [-0.4, -0.2) is 32.9 Å². The number of thioether (sulfide) groups is 1. The molecule has 4 rings (SSSR count). The maximum atomic E-state index is 12.9. The van der Waals surface area contributed by atoms with Gasteiger partial charge >= 0.3 is 0 Å². The molecule has 11 heteroatoms. The lowest BCUT2D eigenvalue weighted by Gasteiger charge is -2.03. The Labute approximate surface area is 183 Å². The summed E-state index contributed by atoms with van der Waals surface area (Å²) in [7, 11) is 0. The molecule has 4 aromatic rings. The zero-order valence-corrected chi connectivity index (χ0v) is 17.4. The van der Waals surface area contributed by atoms with E-state index in [0.29, 0.717) is 15.8 Å². The number of aromatic nitrogens is 3. The third-order valence-electron chi connectivity index (χ3n) is 3.88. The number of hydrogen-bond donors (Lipinski definition) is 2. The summed E-state index contributed by atoms with van der Waals surface area (Å²) in [5, 5.41) is 17.2. The number of nitrogens with one attached hydrogen (secondary N) is 2. The van der Waals surface area contributed by atoms with Crippen molar-refractivity contribution in [2.75, 3.05) is 16.4 Å². The largest absolute Gasteiger partial charge is 0.355 e. The lowest BCUT2D eigenvalue weighted by atomic mass is 10.1. The molecular weight excluding hydrogens is 441 g/mol. The van der Waals surface area contributed by atoms with E-state index in [2.05, 4.69) is 26.0 Å². The number of halogens is 1. The van der Waals surface area contributed by atoms with Crippen molar-refractivity contribution in [1.29, 1.82) is 0 Å². The van der Waals surface area contributed by atoms with Gasteiger partial charge in [-0.3, -0.25) is 14.9 Å². The van der Waals surface area contributed by atoms with E-state index in [0.717, 1.165) is 16.9 Å². The molecule has 0 aliphatic rings. The summed E-state index contributed by atoms with van der Waals surface area (Å²) < 4.78 is 18.6. The van der Waals surface area contributed by atoms with Gasteiger partial charge < -0.3 is 9.84 Å². The van der Waals surface area contributed by atoms with Crippen molar-refractivity contribution in [3.63, 3.8) is 0 Å². The van der Waals surface area contributed by atoms with E-state index in [1.54, 1.807) is 6.07 Å². The second kappa shape index (κ2) is 9.49. The van der Waals surface area contributed by atoms with Gasteiger partial charge in [0.1, 0.15) is 5.82 Å². The van der Waals surface area contributed by atoms with E-state index >= 15 is 0 Å². The van der Waals surface area contributed by atoms with Crippen LogP contribution >= 0.6 is 23.1 Å². The Morgan fingerprint density at radius 2 is 1.81 bits per heavy atom. The molecule has 0 spiro atoms. The van der Waals surface area contributed by atoms with E-state index in [-0.39, 0.29) is 28.3 Å². The van der Waals surface area contributed by atoms with Crippen molar-refractivity contribution in [2.45, 2.75) is 4.34 Å². The highest BCUT2D eigenvalue weighted by molar-refractivity contribution is 8.01. The number of benzene rings is 2. The number of hydrogen-bond acceptors (Lipinski definition) is 8. The molecule has 2 aromatic carbocycles. The number of carbonyl (C=O) groups is 2. The van der Waals surface area contributed by atoms with Gasteiger partial charge in [-0.05, 0) is 24.3 Å². The SMILES string of the molecule is O=C(CSc1nnc(NC(=O)c2cc(-c3ccccc3)on2)s1)Nc1ccc(F)cc1. The fourth-order valence-electron chi connectivity index (χ4n) is 2.46. The van der Waals surface area contributed by atoms with Gasteiger partial charge in [-0.1, -0.05) is 58.6 Å². The van der Waals surface area contributed by atoms with Crippen LogP contribution in [0.1, 0.15) is 10.5 Å². The molecule has 0 atom stereocenters. The van der Waals surface area contributed by atoms with E-state index in [9.17, 15) is 14.0 Å². The van der Waals surface area contributed by atoms with Crippen LogP contribution in [0.15, 0.2) is 69.5 Å².